The first kappa shape index (κ1) is 22.1. The zero-order chi connectivity index (χ0) is 24.8. The third kappa shape index (κ3) is 3.93. The second-order valence-electron chi connectivity index (χ2n) is 8.73. The van der Waals surface area contributed by atoms with Crippen molar-refractivity contribution in [2.45, 2.75) is 6.54 Å². The molecule has 1 saturated heterocycles. The lowest BCUT2D eigenvalue weighted by atomic mass is 10.1. The van der Waals surface area contributed by atoms with E-state index in [1.165, 1.54) is 10.7 Å². The van der Waals surface area contributed by atoms with Crippen molar-refractivity contribution in [1.82, 2.24) is 34.8 Å². The van der Waals surface area contributed by atoms with Crippen molar-refractivity contribution in [1.29, 1.82) is 0 Å². The van der Waals surface area contributed by atoms with E-state index in [4.69, 9.17) is 0 Å². The molecule has 1 aliphatic rings. The summed E-state index contributed by atoms with van der Waals surface area (Å²) in [5, 5.41) is 12.5. The predicted octanol–water partition coefficient (Wildman–Crippen LogP) is 2.44. The van der Waals surface area contributed by atoms with Gasteiger partial charge in [0.05, 0.1) is 23.0 Å². The average molecular weight is 489 g/mol. The number of H-pyrrole nitrogens is 1. The highest BCUT2D eigenvalue weighted by atomic mass is 19.1. The highest BCUT2D eigenvalue weighted by molar-refractivity contribution is 5.85. The number of nitrogens with zero attached hydrogens (tertiary/aromatic N) is 5. The maximum Gasteiger partial charge on any atom is 0.258 e. The summed E-state index contributed by atoms with van der Waals surface area (Å²) >= 11 is 0. The van der Waals surface area contributed by atoms with Crippen LogP contribution in [0.1, 0.15) is 0 Å². The lowest BCUT2D eigenvalue weighted by molar-refractivity contribution is -0.132. The summed E-state index contributed by atoms with van der Waals surface area (Å²) in [6, 6.07) is 10.8. The van der Waals surface area contributed by atoms with Gasteiger partial charge in [0, 0.05) is 54.7 Å². The van der Waals surface area contributed by atoms with Gasteiger partial charge >= 0.3 is 0 Å². The molecule has 9 nitrogen and oxygen atoms in total. The van der Waals surface area contributed by atoms with E-state index in [0.717, 1.165) is 36.1 Å². The second kappa shape index (κ2) is 8.68. The molecule has 0 radical (unpaired) electrons. The predicted molar refractivity (Wildman–Crippen MR) is 130 cm³/mol. The van der Waals surface area contributed by atoms with Crippen LogP contribution in [0.2, 0.25) is 0 Å². The van der Waals surface area contributed by atoms with E-state index >= 15 is 0 Å². The molecule has 182 valence electrons. The molecule has 4 heterocycles. The number of hydrogen-bond acceptors (Lipinski definition) is 5. The number of carbonyl (C=O) groups excluding carboxylic acids is 1. The van der Waals surface area contributed by atoms with Crippen molar-refractivity contribution in [3.8, 4) is 16.9 Å². The highest BCUT2D eigenvalue weighted by Crippen LogP contribution is 2.24. The van der Waals surface area contributed by atoms with E-state index in [1.807, 2.05) is 39.9 Å². The minimum absolute atomic E-state index is 0.0686. The molecule has 0 spiro atoms. The van der Waals surface area contributed by atoms with Gasteiger partial charge in [0.25, 0.3) is 5.56 Å². The molecule has 6 rings (SSSR count). The summed E-state index contributed by atoms with van der Waals surface area (Å²) in [6.07, 6.45) is 3.46. The molecule has 0 unspecified atom stereocenters. The van der Waals surface area contributed by atoms with Gasteiger partial charge in [-0.25, -0.2) is 13.5 Å². The van der Waals surface area contributed by atoms with Gasteiger partial charge in [0.2, 0.25) is 5.91 Å². The number of aromatic nitrogens is 5. The molecule has 3 aromatic heterocycles. The fourth-order valence-electron chi connectivity index (χ4n) is 4.57. The van der Waals surface area contributed by atoms with E-state index in [-0.39, 0.29) is 34.6 Å². The Morgan fingerprint density at radius 1 is 1.06 bits per heavy atom. The average Bonchev–Trinajstić information content (AvgIpc) is 3.51. The first-order valence-corrected chi connectivity index (χ1v) is 11.5. The van der Waals surface area contributed by atoms with E-state index in [2.05, 4.69) is 20.6 Å². The molecular weight excluding hydrogens is 468 g/mol. The van der Waals surface area contributed by atoms with Gasteiger partial charge in [0.15, 0.2) is 0 Å². The zero-order valence-electron chi connectivity index (χ0n) is 19.0. The number of fused-ring (bicyclic) bond motifs is 2. The lowest BCUT2D eigenvalue weighted by Gasteiger charge is -2.27. The molecule has 36 heavy (non-hydrogen) atoms. The zero-order valence-corrected chi connectivity index (χ0v) is 19.0. The van der Waals surface area contributed by atoms with Gasteiger partial charge in [-0.1, -0.05) is 5.21 Å². The quantitative estimate of drug-likeness (QED) is 0.404. The van der Waals surface area contributed by atoms with Gasteiger partial charge in [-0.05, 0) is 36.4 Å². The third-order valence-corrected chi connectivity index (χ3v) is 6.44. The van der Waals surface area contributed by atoms with E-state index < -0.39 is 17.2 Å². The lowest BCUT2D eigenvalue weighted by Crippen LogP contribution is -2.47. The maximum atomic E-state index is 14.2. The van der Waals surface area contributed by atoms with Crippen LogP contribution in [0.15, 0.2) is 59.7 Å². The van der Waals surface area contributed by atoms with Crippen molar-refractivity contribution < 1.29 is 13.6 Å². The number of benzene rings is 2. The number of nitrogens with one attached hydrogen (secondary N) is 2. The minimum atomic E-state index is -0.778. The summed E-state index contributed by atoms with van der Waals surface area (Å²) < 4.78 is 31.2. The van der Waals surface area contributed by atoms with Crippen molar-refractivity contribution in [2.24, 2.45) is 0 Å². The standard InChI is InChI=1S/C25H21F2N7O2/c26-16-10-20(27)18-12-19(25(36)29-21(18)11-16)22-13-34(31-30-22)17-1-2-23-15(9-17)3-6-33(23)14-24(35)32-7-4-28-5-8-32/h1-3,6,9-13,28H,4-5,7-8,14H2,(H,29,36). The van der Waals surface area contributed by atoms with E-state index in [1.54, 1.807) is 6.20 Å². The Bertz CT molecular complexity index is 1680. The Kier molecular flexibility index (Phi) is 5.33. The van der Waals surface area contributed by atoms with Gasteiger partial charge in [-0.2, -0.15) is 0 Å². The summed E-state index contributed by atoms with van der Waals surface area (Å²) in [7, 11) is 0. The summed E-state index contributed by atoms with van der Waals surface area (Å²) in [5.41, 5.74) is 1.54. The molecule has 1 aliphatic heterocycles. The molecular formula is C25H21F2N7O2. The van der Waals surface area contributed by atoms with E-state index in [0.29, 0.717) is 18.8 Å². The Balaban J connectivity index is 1.29. The van der Waals surface area contributed by atoms with Gasteiger partial charge < -0.3 is 19.8 Å². The normalized spacial score (nSPS) is 14.1. The monoisotopic (exact) mass is 489 g/mol. The molecule has 0 bridgehead atoms. The molecule has 1 fully saturated rings. The number of hydrogen-bond donors (Lipinski definition) is 2. The van der Waals surface area contributed by atoms with Gasteiger partial charge in [-0.3, -0.25) is 9.59 Å². The van der Waals surface area contributed by atoms with Crippen LogP contribution < -0.4 is 10.9 Å². The first-order valence-electron chi connectivity index (χ1n) is 11.5. The minimum Gasteiger partial charge on any atom is -0.339 e. The van der Waals surface area contributed by atoms with Crippen LogP contribution in [-0.2, 0) is 11.3 Å². The van der Waals surface area contributed by atoms with Crippen LogP contribution in [0.3, 0.4) is 0 Å². The number of aromatic amines is 1. The van der Waals surface area contributed by atoms with Crippen LogP contribution >= 0.6 is 0 Å². The van der Waals surface area contributed by atoms with Crippen molar-refractivity contribution in [2.75, 3.05) is 26.2 Å². The topological polar surface area (TPSA) is 101 Å². The van der Waals surface area contributed by atoms with Gasteiger partial charge in [0.1, 0.15) is 23.9 Å². The maximum absolute atomic E-state index is 14.2. The third-order valence-electron chi connectivity index (χ3n) is 6.44. The first-order chi connectivity index (χ1) is 17.5. The number of piperazine rings is 1. The molecule has 11 heteroatoms. The molecule has 1 amide bonds. The van der Waals surface area contributed by atoms with E-state index in [9.17, 15) is 18.4 Å². The summed E-state index contributed by atoms with van der Waals surface area (Å²) in [4.78, 5) is 29.6. The molecule has 2 N–H and O–H groups in total. The Hall–Kier alpha value is -4.38. The highest BCUT2D eigenvalue weighted by Gasteiger charge is 2.18. The fraction of sp³-hybridized carbons (Fsp3) is 0.200. The molecule has 5 aromatic rings. The Labute approximate surface area is 202 Å². The number of halogens is 2. The van der Waals surface area contributed by atoms with Gasteiger partial charge in [-0.15, -0.1) is 5.10 Å². The molecule has 0 aliphatic carbocycles. The number of pyridine rings is 1. The largest absolute Gasteiger partial charge is 0.339 e. The number of amides is 1. The molecule has 0 atom stereocenters. The fourth-order valence-corrected chi connectivity index (χ4v) is 4.57. The summed E-state index contributed by atoms with van der Waals surface area (Å²) in [5.74, 6) is -1.47. The Morgan fingerprint density at radius 2 is 1.89 bits per heavy atom. The van der Waals surface area contributed by atoms with Crippen molar-refractivity contribution in [3.05, 3.63) is 76.8 Å². The Morgan fingerprint density at radius 3 is 2.72 bits per heavy atom. The SMILES string of the molecule is O=C(Cn1ccc2cc(-n3cc(-c4cc5c(F)cc(F)cc5[nH]c4=O)nn3)ccc21)N1CCNCC1. The molecule has 2 aromatic carbocycles. The van der Waals surface area contributed by atoms with Crippen LogP contribution in [0.4, 0.5) is 8.78 Å². The van der Waals surface area contributed by atoms with Crippen molar-refractivity contribution in [3.63, 3.8) is 0 Å². The number of carbonyl (C=O) groups is 1. The van der Waals surface area contributed by atoms with Crippen LogP contribution in [-0.4, -0.2) is 61.5 Å². The van der Waals surface area contributed by atoms with Crippen LogP contribution in [0.25, 0.3) is 38.8 Å². The smallest absolute Gasteiger partial charge is 0.258 e. The van der Waals surface area contributed by atoms with Crippen molar-refractivity contribution >= 4 is 27.7 Å². The van der Waals surface area contributed by atoms with Crippen LogP contribution in [0.5, 0.6) is 0 Å². The van der Waals surface area contributed by atoms with Crippen LogP contribution in [0, 0.1) is 11.6 Å². The number of rotatable bonds is 4. The molecule has 0 saturated carbocycles. The second-order valence-corrected chi connectivity index (χ2v) is 8.73. The summed E-state index contributed by atoms with van der Waals surface area (Å²) in [6.45, 7) is 3.29.